The first-order valence-electron chi connectivity index (χ1n) is 9.37. The van der Waals surface area contributed by atoms with E-state index in [1.165, 1.54) is 35.7 Å². The highest BCUT2D eigenvalue weighted by molar-refractivity contribution is 7.91. The second-order valence-corrected chi connectivity index (χ2v) is 11.1. The quantitative estimate of drug-likeness (QED) is 0.719. The van der Waals surface area contributed by atoms with Crippen molar-refractivity contribution >= 4 is 31.5 Å². The number of sulfonamides is 1. The molecule has 1 aliphatic rings. The minimum Gasteiger partial charge on any atom is -0.495 e. The van der Waals surface area contributed by atoms with Crippen molar-refractivity contribution in [3.63, 3.8) is 0 Å². The SMILES string of the molecule is COc1ccccc1NC(=O)C1CCN(S(=O)(=O)c2cccc(S(C)(=O)=O)c2)CC1. The first-order valence-corrected chi connectivity index (χ1v) is 12.7. The molecule has 1 saturated heterocycles. The number of piperidine rings is 1. The van der Waals surface area contributed by atoms with Gasteiger partial charge in [0.25, 0.3) is 0 Å². The highest BCUT2D eigenvalue weighted by atomic mass is 32.2. The first kappa shape index (κ1) is 22.3. The molecule has 0 aliphatic carbocycles. The van der Waals surface area contributed by atoms with Crippen LogP contribution < -0.4 is 10.1 Å². The molecule has 162 valence electrons. The average molecular weight is 453 g/mol. The van der Waals surface area contributed by atoms with Crippen molar-refractivity contribution in [2.24, 2.45) is 5.92 Å². The maximum absolute atomic E-state index is 12.9. The van der Waals surface area contributed by atoms with Gasteiger partial charge in [0.1, 0.15) is 5.75 Å². The lowest BCUT2D eigenvalue weighted by atomic mass is 9.97. The molecule has 0 radical (unpaired) electrons. The smallest absolute Gasteiger partial charge is 0.243 e. The van der Waals surface area contributed by atoms with Crippen LogP contribution in [0, 0.1) is 5.92 Å². The molecule has 8 nitrogen and oxygen atoms in total. The third-order valence-corrected chi connectivity index (χ3v) is 8.07. The van der Waals surface area contributed by atoms with Gasteiger partial charge < -0.3 is 10.1 Å². The number of amides is 1. The summed E-state index contributed by atoms with van der Waals surface area (Å²) < 4.78 is 55.9. The van der Waals surface area contributed by atoms with Crippen LogP contribution in [0.1, 0.15) is 12.8 Å². The highest BCUT2D eigenvalue weighted by Crippen LogP contribution is 2.28. The number of carbonyl (C=O) groups excluding carboxylic acids is 1. The number of para-hydroxylation sites is 2. The van der Waals surface area contributed by atoms with Gasteiger partial charge in [0, 0.05) is 25.3 Å². The summed E-state index contributed by atoms with van der Waals surface area (Å²) in [5.74, 6) is 0.0379. The summed E-state index contributed by atoms with van der Waals surface area (Å²) in [7, 11) is -5.84. The van der Waals surface area contributed by atoms with Gasteiger partial charge >= 0.3 is 0 Å². The van der Waals surface area contributed by atoms with Crippen molar-refractivity contribution in [2.75, 3.05) is 31.8 Å². The number of benzene rings is 2. The third kappa shape index (κ3) is 4.82. The number of carbonyl (C=O) groups is 1. The van der Waals surface area contributed by atoms with E-state index in [9.17, 15) is 21.6 Å². The van der Waals surface area contributed by atoms with Crippen LogP contribution in [0.25, 0.3) is 0 Å². The van der Waals surface area contributed by atoms with E-state index in [0.29, 0.717) is 24.3 Å². The Labute approximate surface area is 176 Å². The molecule has 1 aliphatic heterocycles. The van der Waals surface area contributed by atoms with Crippen molar-refractivity contribution in [1.29, 1.82) is 0 Å². The Balaban J connectivity index is 1.68. The lowest BCUT2D eigenvalue weighted by Crippen LogP contribution is -2.41. The molecule has 30 heavy (non-hydrogen) atoms. The Morgan fingerprint density at radius 1 is 1.00 bits per heavy atom. The summed E-state index contributed by atoms with van der Waals surface area (Å²) in [5.41, 5.74) is 0.567. The minimum absolute atomic E-state index is 0.0466. The fourth-order valence-electron chi connectivity index (χ4n) is 3.36. The fourth-order valence-corrected chi connectivity index (χ4v) is 5.61. The Morgan fingerprint density at radius 2 is 1.63 bits per heavy atom. The lowest BCUT2D eigenvalue weighted by Gasteiger charge is -2.30. The molecule has 1 heterocycles. The van der Waals surface area contributed by atoms with Gasteiger partial charge in [0.15, 0.2) is 9.84 Å². The number of ether oxygens (including phenoxy) is 1. The Bertz CT molecular complexity index is 1140. The maximum atomic E-state index is 12.9. The van der Waals surface area contributed by atoms with Crippen LogP contribution in [-0.4, -0.2) is 53.5 Å². The summed E-state index contributed by atoms with van der Waals surface area (Å²) in [5, 5.41) is 2.84. The van der Waals surface area contributed by atoms with E-state index in [2.05, 4.69) is 5.32 Å². The zero-order valence-corrected chi connectivity index (χ0v) is 18.4. The summed E-state index contributed by atoms with van der Waals surface area (Å²) in [6.45, 7) is 0.352. The van der Waals surface area contributed by atoms with Crippen LogP contribution in [0.3, 0.4) is 0 Å². The Hall–Kier alpha value is -2.43. The number of hydrogen-bond acceptors (Lipinski definition) is 6. The number of anilines is 1. The second-order valence-electron chi connectivity index (χ2n) is 7.11. The van der Waals surface area contributed by atoms with Crippen LogP contribution >= 0.6 is 0 Å². The minimum atomic E-state index is -3.85. The molecule has 0 atom stereocenters. The van der Waals surface area contributed by atoms with Gasteiger partial charge in [-0.3, -0.25) is 4.79 Å². The molecule has 0 bridgehead atoms. The standard InChI is InChI=1S/C20H24N2O6S2/c1-28-19-9-4-3-8-18(19)21-20(23)15-10-12-22(13-11-15)30(26,27)17-7-5-6-16(14-17)29(2,24)25/h3-9,14-15H,10-13H2,1-2H3,(H,21,23). The van der Waals surface area contributed by atoms with E-state index in [1.807, 2.05) is 0 Å². The maximum Gasteiger partial charge on any atom is 0.243 e. The molecule has 1 amide bonds. The number of methoxy groups -OCH3 is 1. The molecular weight excluding hydrogens is 428 g/mol. The first-order chi connectivity index (χ1) is 14.1. The van der Waals surface area contributed by atoms with Crippen LogP contribution in [0.15, 0.2) is 58.3 Å². The van der Waals surface area contributed by atoms with E-state index >= 15 is 0 Å². The van der Waals surface area contributed by atoms with E-state index in [-0.39, 0.29) is 34.7 Å². The van der Waals surface area contributed by atoms with Crippen molar-refractivity contribution in [1.82, 2.24) is 4.31 Å². The molecule has 10 heteroatoms. The van der Waals surface area contributed by atoms with Crippen LogP contribution in [0.4, 0.5) is 5.69 Å². The molecule has 0 spiro atoms. The van der Waals surface area contributed by atoms with Crippen LogP contribution in [-0.2, 0) is 24.7 Å². The van der Waals surface area contributed by atoms with E-state index in [0.717, 1.165) is 6.26 Å². The van der Waals surface area contributed by atoms with Crippen LogP contribution in [0.5, 0.6) is 5.75 Å². The predicted octanol–water partition coefficient (Wildman–Crippen LogP) is 2.14. The van der Waals surface area contributed by atoms with Gasteiger partial charge in [-0.1, -0.05) is 18.2 Å². The number of hydrogen-bond donors (Lipinski definition) is 1. The van der Waals surface area contributed by atoms with E-state index < -0.39 is 19.9 Å². The van der Waals surface area contributed by atoms with Gasteiger partial charge in [0.2, 0.25) is 15.9 Å². The second kappa shape index (κ2) is 8.75. The number of sulfone groups is 1. The number of rotatable bonds is 6. The lowest BCUT2D eigenvalue weighted by molar-refractivity contribution is -0.120. The molecule has 3 rings (SSSR count). The summed E-state index contributed by atoms with van der Waals surface area (Å²) in [6.07, 6.45) is 1.77. The molecule has 0 aromatic heterocycles. The summed E-state index contributed by atoms with van der Waals surface area (Å²) in [6, 6.07) is 12.4. The molecular formula is C20H24N2O6S2. The molecule has 2 aromatic rings. The molecule has 1 fully saturated rings. The van der Waals surface area contributed by atoms with Gasteiger partial charge in [-0.05, 0) is 43.2 Å². The van der Waals surface area contributed by atoms with Gasteiger partial charge in [-0.25, -0.2) is 16.8 Å². The van der Waals surface area contributed by atoms with Gasteiger partial charge in [0.05, 0.1) is 22.6 Å². The molecule has 0 saturated carbocycles. The summed E-state index contributed by atoms with van der Waals surface area (Å²) >= 11 is 0. The molecule has 1 N–H and O–H groups in total. The zero-order chi connectivity index (χ0) is 21.9. The van der Waals surface area contributed by atoms with Gasteiger partial charge in [-0.15, -0.1) is 0 Å². The Morgan fingerprint density at radius 3 is 2.27 bits per heavy atom. The topological polar surface area (TPSA) is 110 Å². The van der Waals surface area contributed by atoms with Gasteiger partial charge in [-0.2, -0.15) is 4.31 Å². The van der Waals surface area contributed by atoms with Crippen molar-refractivity contribution in [2.45, 2.75) is 22.6 Å². The van der Waals surface area contributed by atoms with Crippen molar-refractivity contribution in [3.05, 3.63) is 48.5 Å². The predicted molar refractivity (Wildman–Crippen MR) is 113 cm³/mol. The largest absolute Gasteiger partial charge is 0.495 e. The highest BCUT2D eigenvalue weighted by Gasteiger charge is 2.32. The number of nitrogens with one attached hydrogen (secondary N) is 1. The Kier molecular flexibility index (Phi) is 6.49. The van der Waals surface area contributed by atoms with Crippen molar-refractivity contribution in [3.8, 4) is 5.75 Å². The monoisotopic (exact) mass is 452 g/mol. The zero-order valence-electron chi connectivity index (χ0n) is 16.7. The van der Waals surface area contributed by atoms with E-state index in [1.54, 1.807) is 24.3 Å². The fraction of sp³-hybridized carbons (Fsp3) is 0.350. The van der Waals surface area contributed by atoms with Crippen LogP contribution in [0.2, 0.25) is 0 Å². The van der Waals surface area contributed by atoms with E-state index in [4.69, 9.17) is 4.74 Å². The average Bonchev–Trinajstić information content (AvgIpc) is 2.73. The van der Waals surface area contributed by atoms with Crippen molar-refractivity contribution < 1.29 is 26.4 Å². The summed E-state index contributed by atoms with van der Waals surface area (Å²) in [4.78, 5) is 12.5. The number of nitrogens with zero attached hydrogens (tertiary/aromatic N) is 1. The normalized spacial score (nSPS) is 16.2. The third-order valence-electron chi connectivity index (χ3n) is 5.06. The molecule has 2 aromatic carbocycles. The molecule has 0 unspecified atom stereocenters.